The van der Waals surface area contributed by atoms with Crippen molar-refractivity contribution in [2.45, 2.75) is 33.1 Å². The molecule has 1 aromatic heterocycles. The Labute approximate surface area is 80.0 Å². The zero-order valence-electron chi connectivity index (χ0n) is 8.79. The summed E-state index contributed by atoms with van der Waals surface area (Å²) in [5.41, 5.74) is 2.37. The summed E-state index contributed by atoms with van der Waals surface area (Å²) in [6.45, 7) is 6.42. The summed E-state index contributed by atoms with van der Waals surface area (Å²) in [6, 6.07) is 2.13. The molecule has 0 amide bonds. The van der Waals surface area contributed by atoms with Crippen molar-refractivity contribution in [3.8, 4) is 5.75 Å². The Balaban J connectivity index is 3.05. The standard InChI is InChI=1S/C11H17NO/c1-5-9-6-10(8(2)3)12-7-11(9)13-4/h6-8H,5H2,1-4H3. The van der Waals surface area contributed by atoms with E-state index in [-0.39, 0.29) is 0 Å². The molecule has 2 heteroatoms. The first-order chi connectivity index (χ1) is 6.19. The highest BCUT2D eigenvalue weighted by Gasteiger charge is 2.05. The molecule has 2 nitrogen and oxygen atoms in total. The van der Waals surface area contributed by atoms with Gasteiger partial charge in [-0.25, -0.2) is 0 Å². The molecule has 0 aliphatic heterocycles. The van der Waals surface area contributed by atoms with Crippen LogP contribution >= 0.6 is 0 Å². The SMILES string of the molecule is CCc1cc(C(C)C)ncc1OC. The van der Waals surface area contributed by atoms with Gasteiger partial charge in [0.1, 0.15) is 5.75 Å². The lowest BCUT2D eigenvalue weighted by Gasteiger charge is -2.09. The van der Waals surface area contributed by atoms with Crippen LogP contribution in [-0.4, -0.2) is 12.1 Å². The predicted molar refractivity (Wildman–Crippen MR) is 54.3 cm³/mol. The van der Waals surface area contributed by atoms with Crippen molar-refractivity contribution in [1.82, 2.24) is 4.98 Å². The van der Waals surface area contributed by atoms with Gasteiger partial charge in [0.25, 0.3) is 0 Å². The Morgan fingerprint density at radius 3 is 2.62 bits per heavy atom. The van der Waals surface area contributed by atoms with Crippen molar-refractivity contribution in [3.63, 3.8) is 0 Å². The molecule has 0 aliphatic rings. The minimum absolute atomic E-state index is 0.483. The molecular weight excluding hydrogens is 162 g/mol. The smallest absolute Gasteiger partial charge is 0.140 e. The summed E-state index contributed by atoms with van der Waals surface area (Å²) in [5.74, 6) is 1.38. The van der Waals surface area contributed by atoms with Gasteiger partial charge in [-0.05, 0) is 24.0 Å². The molecule has 0 atom stereocenters. The van der Waals surface area contributed by atoms with Crippen molar-refractivity contribution in [1.29, 1.82) is 0 Å². The van der Waals surface area contributed by atoms with Crippen LogP contribution in [0.4, 0.5) is 0 Å². The van der Waals surface area contributed by atoms with E-state index in [0.29, 0.717) is 5.92 Å². The van der Waals surface area contributed by atoms with E-state index in [1.54, 1.807) is 7.11 Å². The van der Waals surface area contributed by atoms with Gasteiger partial charge in [0.15, 0.2) is 0 Å². The molecule has 0 unspecified atom stereocenters. The van der Waals surface area contributed by atoms with E-state index in [1.165, 1.54) is 5.56 Å². The highest BCUT2D eigenvalue weighted by Crippen LogP contribution is 2.21. The van der Waals surface area contributed by atoms with Gasteiger partial charge in [-0.3, -0.25) is 4.98 Å². The number of aryl methyl sites for hydroxylation is 1. The van der Waals surface area contributed by atoms with Gasteiger partial charge < -0.3 is 4.74 Å². The van der Waals surface area contributed by atoms with Gasteiger partial charge in [-0.1, -0.05) is 20.8 Å². The minimum atomic E-state index is 0.483. The van der Waals surface area contributed by atoms with Crippen LogP contribution < -0.4 is 4.74 Å². The van der Waals surface area contributed by atoms with Crippen LogP contribution in [0.2, 0.25) is 0 Å². The first-order valence-electron chi connectivity index (χ1n) is 4.71. The summed E-state index contributed by atoms with van der Waals surface area (Å²) in [5, 5.41) is 0. The zero-order chi connectivity index (χ0) is 9.84. The molecule has 1 aromatic rings. The van der Waals surface area contributed by atoms with E-state index in [9.17, 15) is 0 Å². The average molecular weight is 179 g/mol. The summed E-state index contributed by atoms with van der Waals surface area (Å²) in [4.78, 5) is 4.33. The van der Waals surface area contributed by atoms with Gasteiger partial charge in [-0.2, -0.15) is 0 Å². The Hall–Kier alpha value is -1.05. The average Bonchev–Trinajstić information content (AvgIpc) is 2.16. The first-order valence-corrected chi connectivity index (χ1v) is 4.71. The maximum Gasteiger partial charge on any atom is 0.140 e. The monoisotopic (exact) mass is 179 g/mol. The van der Waals surface area contributed by atoms with E-state index in [4.69, 9.17) is 4.74 Å². The van der Waals surface area contributed by atoms with Crippen LogP contribution in [-0.2, 0) is 6.42 Å². The molecule has 0 aromatic carbocycles. The lowest BCUT2D eigenvalue weighted by Crippen LogP contribution is -1.97. The maximum absolute atomic E-state index is 5.21. The third-order valence-electron chi connectivity index (χ3n) is 2.16. The highest BCUT2D eigenvalue weighted by atomic mass is 16.5. The van der Waals surface area contributed by atoms with Crippen molar-refractivity contribution >= 4 is 0 Å². The molecule has 0 N–H and O–H groups in total. The molecule has 72 valence electrons. The largest absolute Gasteiger partial charge is 0.495 e. The lowest BCUT2D eigenvalue weighted by atomic mass is 10.1. The van der Waals surface area contributed by atoms with E-state index in [0.717, 1.165) is 17.9 Å². The van der Waals surface area contributed by atoms with Crippen LogP contribution in [0.15, 0.2) is 12.3 Å². The van der Waals surface area contributed by atoms with E-state index < -0.39 is 0 Å². The topological polar surface area (TPSA) is 22.1 Å². The predicted octanol–water partition coefficient (Wildman–Crippen LogP) is 2.78. The fourth-order valence-corrected chi connectivity index (χ4v) is 1.28. The first kappa shape index (κ1) is 10.0. The second-order valence-corrected chi connectivity index (χ2v) is 3.43. The van der Waals surface area contributed by atoms with Crippen molar-refractivity contribution in [2.24, 2.45) is 0 Å². The maximum atomic E-state index is 5.21. The van der Waals surface area contributed by atoms with Gasteiger partial charge in [-0.15, -0.1) is 0 Å². The second kappa shape index (κ2) is 4.26. The van der Waals surface area contributed by atoms with Gasteiger partial charge in [0.05, 0.1) is 13.3 Å². The third-order valence-corrected chi connectivity index (χ3v) is 2.16. The van der Waals surface area contributed by atoms with Gasteiger partial charge in [0, 0.05) is 5.69 Å². The van der Waals surface area contributed by atoms with Gasteiger partial charge >= 0.3 is 0 Å². The van der Waals surface area contributed by atoms with E-state index in [1.807, 2.05) is 6.20 Å². The second-order valence-electron chi connectivity index (χ2n) is 3.43. The number of pyridine rings is 1. The quantitative estimate of drug-likeness (QED) is 0.711. The van der Waals surface area contributed by atoms with Crippen molar-refractivity contribution in [2.75, 3.05) is 7.11 Å². The summed E-state index contributed by atoms with van der Waals surface area (Å²) < 4.78 is 5.21. The molecule has 0 saturated heterocycles. The Morgan fingerprint density at radius 2 is 2.15 bits per heavy atom. The molecule has 0 saturated carbocycles. The molecular formula is C11H17NO. The summed E-state index contributed by atoms with van der Waals surface area (Å²) in [7, 11) is 1.69. The number of hydrogen-bond donors (Lipinski definition) is 0. The molecule has 0 bridgehead atoms. The van der Waals surface area contributed by atoms with Crippen LogP contribution in [0.3, 0.4) is 0 Å². The van der Waals surface area contributed by atoms with Crippen molar-refractivity contribution < 1.29 is 4.74 Å². The molecule has 1 heterocycles. The number of nitrogens with zero attached hydrogens (tertiary/aromatic N) is 1. The van der Waals surface area contributed by atoms with E-state index in [2.05, 4.69) is 31.8 Å². The number of hydrogen-bond acceptors (Lipinski definition) is 2. The number of rotatable bonds is 3. The Bertz CT molecular complexity index is 281. The third kappa shape index (κ3) is 2.20. The van der Waals surface area contributed by atoms with Crippen molar-refractivity contribution in [3.05, 3.63) is 23.5 Å². The van der Waals surface area contributed by atoms with Crippen LogP contribution in [0, 0.1) is 0 Å². The minimum Gasteiger partial charge on any atom is -0.495 e. The fourth-order valence-electron chi connectivity index (χ4n) is 1.28. The van der Waals surface area contributed by atoms with Crippen LogP contribution in [0.5, 0.6) is 5.75 Å². The molecule has 13 heavy (non-hydrogen) atoms. The summed E-state index contributed by atoms with van der Waals surface area (Å²) >= 11 is 0. The molecule has 0 aliphatic carbocycles. The molecule has 0 spiro atoms. The Kier molecular flexibility index (Phi) is 3.29. The van der Waals surface area contributed by atoms with Gasteiger partial charge in [0.2, 0.25) is 0 Å². The molecule has 0 fully saturated rings. The van der Waals surface area contributed by atoms with E-state index >= 15 is 0 Å². The number of methoxy groups -OCH3 is 1. The fraction of sp³-hybridized carbons (Fsp3) is 0.545. The highest BCUT2D eigenvalue weighted by molar-refractivity contribution is 5.33. The molecule has 0 radical (unpaired) electrons. The van der Waals surface area contributed by atoms with Crippen LogP contribution in [0.1, 0.15) is 37.9 Å². The molecule has 1 rings (SSSR count). The summed E-state index contributed by atoms with van der Waals surface area (Å²) in [6.07, 6.45) is 2.81. The van der Waals surface area contributed by atoms with Crippen LogP contribution in [0.25, 0.3) is 0 Å². The zero-order valence-corrected chi connectivity index (χ0v) is 8.79. The Morgan fingerprint density at radius 1 is 1.46 bits per heavy atom. The normalized spacial score (nSPS) is 10.5. The lowest BCUT2D eigenvalue weighted by molar-refractivity contribution is 0.407. The number of ether oxygens (including phenoxy) is 1. The number of aromatic nitrogens is 1.